The second-order valence-corrected chi connectivity index (χ2v) is 8.90. The number of benzene rings is 2. The summed E-state index contributed by atoms with van der Waals surface area (Å²) in [7, 11) is 0. The zero-order chi connectivity index (χ0) is 20.4. The first-order valence-electron chi connectivity index (χ1n) is 10.7. The summed E-state index contributed by atoms with van der Waals surface area (Å²) in [4.78, 5) is 0. The zero-order valence-electron chi connectivity index (χ0n) is 16.8. The van der Waals surface area contributed by atoms with E-state index in [0.29, 0.717) is 11.5 Å². The number of rotatable bonds is 1. The number of hydrogen-bond donors (Lipinski definition) is 0. The van der Waals surface area contributed by atoms with Gasteiger partial charge in [-0.2, -0.15) is 13.2 Å². The first-order chi connectivity index (χ1) is 13.9. The van der Waals surface area contributed by atoms with Crippen LogP contribution in [-0.2, 0) is 6.18 Å². The minimum atomic E-state index is -4.31. The van der Waals surface area contributed by atoms with Crippen molar-refractivity contribution in [1.82, 2.24) is 0 Å². The summed E-state index contributed by atoms with van der Waals surface area (Å²) in [5.41, 5.74) is 2.25. The van der Waals surface area contributed by atoms with Crippen LogP contribution in [-0.4, -0.2) is 0 Å². The average Bonchev–Trinajstić information content (AvgIpc) is 2.72. The van der Waals surface area contributed by atoms with Gasteiger partial charge in [0, 0.05) is 11.1 Å². The second-order valence-electron chi connectivity index (χ2n) is 8.90. The third kappa shape index (κ3) is 4.86. The van der Waals surface area contributed by atoms with E-state index in [2.05, 4.69) is 30.9 Å². The fraction of sp³-hybridized carbons (Fsp3) is 0.462. The van der Waals surface area contributed by atoms with Crippen LogP contribution in [0.5, 0.6) is 0 Å². The van der Waals surface area contributed by atoms with Gasteiger partial charge >= 0.3 is 6.18 Å². The van der Waals surface area contributed by atoms with E-state index in [1.807, 2.05) is 12.1 Å². The lowest BCUT2D eigenvalue weighted by Crippen LogP contribution is -2.29. The lowest BCUT2D eigenvalue weighted by molar-refractivity contribution is -0.137. The van der Waals surface area contributed by atoms with Gasteiger partial charge in [-0.3, -0.25) is 0 Å². The van der Waals surface area contributed by atoms with Gasteiger partial charge in [0.2, 0.25) is 0 Å². The highest BCUT2D eigenvalue weighted by Crippen LogP contribution is 2.47. The molecule has 0 N–H and O–H groups in total. The molecule has 0 heterocycles. The molecule has 0 saturated heterocycles. The van der Waals surface area contributed by atoms with Gasteiger partial charge in [-0.25, -0.2) is 0 Å². The molecule has 0 nitrogen and oxygen atoms in total. The van der Waals surface area contributed by atoms with E-state index in [4.69, 9.17) is 0 Å². The van der Waals surface area contributed by atoms with Crippen molar-refractivity contribution in [2.24, 2.45) is 17.8 Å². The van der Waals surface area contributed by atoms with E-state index in [1.165, 1.54) is 56.2 Å². The first-order valence-corrected chi connectivity index (χ1v) is 10.7. The Morgan fingerprint density at radius 3 is 1.90 bits per heavy atom. The number of fused-ring (bicyclic) bond motifs is 1. The van der Waals surface area contributed by atoms with Crippen molar-refractivity contribution >= 4 is 0 Å². The highest BCUT2D eigenvalue weighted by Gasteiger charge is 2.34. The molecule has 2 fully saturated rings. The van der Waals surface area contributed by atoms with E-state index in [0.717, 1.165) is 35.4 Å². The Labute approximate surface area is 171 Å². The highest BCUT2D eigenvalue weighted by molar-refractivity contribution is 5.44. The standard InChI is InChI=1S/C26H27F3/c1-18-2-9-24-17-23(13-12-22(24)16-18)21-10-5-19(6-11-21)3-4-20-7-14-25(15-8-20)26(27,28)29/h5-8,10-11,14-15,18,22-24H,2,9,12-13,16-17H2,1H3/t18?,22-,23-,24-/m1/s1. The van der Waals surface area contributed by atoms with Gasteiger partial charge in [0.05, 0.1) is 5.56 Å². The third-order valence-corrected chi connectivity index (χ3v) is 6.82. The van der Waals surface area contributed by atoms with E-state index < -0.39 is 11.7 Å². The third-order valence-electron chi connectivity index (χ3n) is 6.82. The first kappa shape index (κ1) is 20.1. The predicted molar refractivity (Wildman–Crippen MR) is 110 cm³/mol. The van der Waals surface area contributed by atoms with Crippen molar-refractivity contribution in [3.05, 3.63) is 70.8 Å². The number of alkyl halides is 3. The van der Waals surface area contributed by atoms with Crippen LogP contribution < -0.4 is 0 Å². The molecule has 0 spiro atoms. The van der Waals surface area contributed by atoms with Crippen molar-refractivity contribution in [2.75, 3.05) is 0 Å². The maximum atomic E-state index is 12.6. The molecular formula is C26H27F3. The minimum absolute atomic E-state index is 0.590. The molecule has 0 amide bonds. The summed E-state index contributed by atoms with van der Waals surface area (Å²) >= 11 is 0. The topological polar surface area (TPSA) is 0 Å². The average molecular weight is 396 g/mol. The van der Waals surface area contributed by atoms with Gasteiger partial charge in [0.1, 0.15) is 0 Å². The van der Waals surface area contributed by atoms with Crippen molar-refractivity contribution in [3.8, 4) is 11.8 Å². The molecule has 0 bridgehead atoms. The summed E-state index contributed by atoms with van der Waals surface area (Å²) in [5.74, 6) is 9.41. The van der Waals surface area contributed by atoms with E-state index in [9.17, 15) is 13.2 Å². The molecule has 3 heteroatoms. The molecule has 4 atom stereocenters. The van der Waals surface area contributed by atoms with Crippen LogP contribution in [0.1, 0.15) is 73.6 Å². The summed E-state index contributed by atoms with van der Waals surface area (Å²) in [6.45, 7) is 2.40. The van der Waals surface area contributed by atoms with Gasteiger partial charge < -0.3 is 0 Å². The summed E-state index contributed by atoms with van der Waals surface area (Å²) in [6.07, 6.45) is 3.83. The lowest BCUT2D eigenvalue weighted by Gasteiger charge is -2.41. The maximum Gasteiger partial charge on any atom is 0.416 e. The van der Waals surface area contributed by atoms with Gasteiger partial charge in [-0.05, 0) is 97.7 Å². The van der Waals surface area contributed by atoms with Crippen molar-refractivity contribution in [3.63, 3.8) is 0 Å². The van der Waals surface area contributed by atoms with E-state index in [1.54, 1.807) is 0 Å². The fourth-order valence-electron chi connectivity index (χ4n) is 5.15. The van der Waals surface area contributed by atoms with Crippen LogP contribution in [0.25, 0.3) is 0 Å². The Balaban J connectivity index is 1.39. The molecule has 2 saturated carbocycles. The Kier molecular flexibility index (Phi) is 5.72. The number of halogens is 3. The summed E-state index contributed by atoms with van der Waals surface area (Å²) in [6, 6.07) is 13.5. The minimum Gasteiger partial charge on any atom is -0.166 e. The zero-order valence-corrected chi connectivity index (χ0v) is 16.8. The van der Waals surface area contributed by atoms with Gasteiger partial charge in [0.25, 0.3) is 0 Å². The van der Waals surface area contributed by atoms with Gasteiger partial charge in [0.15, 0.2) is 0 Å². The van der Waals surface area contributed by atoms with E-state index >= 15 is 0 Å². The molecule has 1 unspecified atom stereocenters. The molecule has 0 aromatic heterocycles. The van der Waals surface area contributed by atoms with Gasteiger partial charge in [-0.1, -0.05) is 37.3 Å². The summed E-state index contributed by atoms with van der Waals surface area (Å²) < 4.78 is 37.9. The Morgan fingerprint density at radius 1 is 0.724 bits per heavy atom. The van der Waals surface area contributed by atoms with Crippen LogP contribution in [0.15, 0.2) is 48.5 Å². The lowest BCUT2D eigenvalue weighted by atomic mass is 9.64. The summed E-state index contributed by atoms with van der Waals surface area (Å²) in [5, 5.41) is 0. The molecular weight excluding hydrogens is 369 g/mol. The maximum absolute atomic E-state index is 12.6. The molecule has 152 valence electrons. The van der Waals surface area contributed by atoms with Crippen LogP contribution in [0, 0.1) is 29.6 Å². The van der Waals surface area contributed by atoms with Crippen LogP contribution >= 0.6 is 0 Å². The molecule has 2 aromatic rings. The molecule has 2 aliphatic carbocycles. The van der Waals surface area contributed by atoms with Crippen molar-refractivity contribution in [2.45, 2.75) is 57.5 Å². The molecule has 2 aromatic carbocycles. The van der Waals surface area contributed by atoms with Crippen LogP contribution in [0.4, 0.5) is 13.2 Å². The predicted octanol–water partition coefficient (Wildman–Crippen LogP) is 7.43. The van der Waals surface area contributed by atoms with Crippen molar-refractivity contribution < 1.29 is 13.2 Å². The SMILES string of the molecule is CC1CC[C@@H]2C[C@H](c3ccc(C#Cc4ccc(C(F)(F)F)cc4)cc3)CC[C@@H]2C1. The van der Waals surface area contributed by atoms with Crippen LogP contribution in [0.2, 0.25) is 0 Å². The van der Waals surface area contributed by atoms with Crippen molar-refractivity contribution in [1.29, 1.82) is 0 Å². The molecule has 4 rings (SSSR count). The monoisotopic (exact) mass is 396 g/mol. The van der Waals surface area contributed by atoms with E-state index in [-0.39, 0.29) is 0 Å². The molecule has 29 heavy (non-hydrogen) atoms. The number of hydrogen-bond acceptors (Lipinski definition) is 0. The van der Waals surface area contributed by atoms with Gasteiger partial charge in [-0.15, -0.1) is 0 Å². The normalized spacial score (nSPS) is 26.9. The fourth-order valence-corrected chi connectivity index (χ4v) is 5.15. The Hall–Kier alpha value is -2.21. The largest absolute Gasteiger partial charge is 0.416 e. The Bertz CT molecular complexity index is 881. The molecule has 2 aliphatic rings. The quantitative estimate of drug-likeness (QED) is 0.440. The second kappa shape index (κ2) is 8.27. The smallest absolute Gasteiger partial charge is 0.166 e. The highest BCUT2D eigenvalue weighted by atomic mass is 19.4. The van der Waals surface area contributed by atoms with Crippen LogP contribution in [0.3, 0.4) is 0 Å². The molecule has 0 aliphatic heterocycles. The Morgan fingerprint density at radius 2 is 1.28 bits per heavy atom. The molecule has 0 radical (unpaired) electrons.